The molecule has 0 amide bonds. The van der Waals surface area contributed by atoms with Gasteiger partial charge in [0.1, 0.15) is 0 Å². The van der Waals surface area contributed by atoms with Gasteiger partial charge in [0.25, 0.3) is 0 Å². The maximum absolute atomic E-state index is 11.1. The molecular weight excluding hydrogens is 294 g/mol. The highest BCUT2D eigenvalue weighted by molar-refractivity contribution is 8.07. The fraction of sp³-hybridized carbons (Fsp3) is 1.00. The van der Waals surface area contributed by atoms with Crippen LogP contribution in [0.4, 0.5) is 7.77 Å². The molecule has 1 rings (SSSR count). The van der Waals surface area contributed by atoms with E-state index in [1.54, 1.807) is 7.11 Å². The monoisotopic (exact) mass is 310 g/mol. The molecule has 0 N–H and O–H groups in total. The number of hydrogen-bond donors (Lipinski definition) is 0. The molecule has 0 atom stereocenters. The van der Waals surface area contributed by atoms with Crippen LogP contribution < -0.4 is 0 Å². The summed E-state index contributed by atoms with van der Waals surface area (Å²) in [7, 11) is -7.20. The van der Waals surface area contributed by atoms with Gasteiger partial charge in [-0.1, -0.05) is 0 Å². The number of hydrogen-bond acceptors (Lipinski definition) is 5. The number of ether oxygens (including phenoxy) is 1. The van der Waals surface area contributed by atoms with Crippen LogP contribution in [0.25, 0.3) is 4.13 Å². The molecule has 1 fully saturated rings. The van der Waals surface area contributed by atoms with Crippen LogP contribution in [-0.2, 0) is 25.6 Å². The van der Waals surface area contributed by atoms with Crippen LogP contribution in [-0.4, -0.2) is 55.3 Å². The molecule has 0 aromatic rings. The van der Waals surface area contributed by atoms with Crippen LogP contribution in [0, 0.1) is 0 Å². The second kappa shape index (κ2) is 6.70. The SMILES string of the molecule is COC[N+]1(C)CCCC1.O=S(=O)(F)[N-]S(=O)(=O)F. The van der Waals surface area contributed by atoms with E-state index in [1.165, 1.54) is 25.9 Å². The Morgan fingerprint density at radius 2 is 1.50 bits per heavy atom. The van der Waals surface area contributed by atoms with Gasteiger partial charge in [0.2, 0.25) is 20.8 Å². The van der Waals surface area contributed by atoms with Crippen molar-refractivity contribution < 1.29 is 33.8 Å². The van der Waals surface area contributed by atoms with Gasteiger partial charge in [0, 0.05) is 20.0 Å². The van der Waals surface area contributed by atoms with Crippen molar-refractivity contribution in [2.45, 2.75) is 12.8 Å². The largest absolute Gasteiger partial charge is 0.379 e. The van der Waals surface area contributed by atoms with Crippen molar-refractivity contribution in [1.29, 1.82) is 0 Å². The van der Waals surface area contributed by atoms with E-state index < -0.39 is 20.8 Å². The molecule has 0 aliphatic carbocycles. The lowest BCUT2D eigenvalue weighted by molar-refractivity contribution is -0.916. The van der Waals surface area contributed by atoms with E-state index in [0.717, 1.165) is 15.3 Å². The Bertz CT molecular complexity index is 414. The second-order valence-electron chi connectivity index (χ2n) is 4.09. The third kappa shape index (κ3) is 9.65. The van der Waals surface area contributed by atoms with Gasteiger partial charge in [0.15, 0.2) is 6.73 Å². The average molecular weight is 310 g/mol. The zero-order valence-corrected chi connectivity index (χ0v) is 11.7. The minimum atomic E-state index is -5.62. The number of halogens is 2. The third-order valence-electron chi connectivity index (χ3n) is 2.26. The van der Waals surface area contributed by atoms with Crippen molar-refractivity contribution in [3.05, 3.63) is 4.13 Å². The fourth-order valence-electron chi connectivity index (χ4n) is 1.65. The van der Waals surface area contributed by atoms with Crippen molar-refractivity contribution in [3.63, 3.8) is 0 Å². The van der Waals surface area contributed by atoms with Crippen LogP contribution in [0.1, 0.15) is 12.8 Å². The van der Waals surface area contributed by atoms with Gasteiger partial charge in [-0.15, -0.1) is 7.77 Å². The lowest BCUT2D eigenvalue weighted by atomic mass is 10.4. The Balaban J connectivity index is 0.000000321. The van der Waals surface area contributed by atoms with Crippen LogP contribution in [0.15, 0.2) is 0 Å². The van der Waals surface area contributed by atoms with E-state index in [1.807, 2.05) is 0 Å². The summed E-state index contributed by atoms with van der Waals surface area (Å²) >= 11 is 0. The fourth-order valence-corrected chi connectivity index (χ4v) is 2.50. The van der Waals surface area contributed by atoms with Crippen molar-refractivity contribution in [2.75, 3.05) is 34.0 Å². The molecule has 0 radical (unpaired) electrons. The minimum absolute atomic E-state index is 0.889. The number of likely N-dealkylation sites (tertiary alicyclic amines) is 1. The van der Waals surface area contributed by atoms with Crippen molar-refractivity contribution in [1.82, 2.24) is 0 Å². The van der Waals surface area contributed by atoms with Gasteiger partial charge in [-0.2, -0.15) is 0 Å². The van der Waals surface area contributed by atoms with Gasteiger partial charge in [-0.3, -0.25) is 0 Å². The molecule has 18 heavy (non-hydrogen) atoms. The quantitative estimate of drug-likeness (QED) is 0.560. The van der Waals surface area contributed by atoms with Crippen molar-refractivity contribution >= 4 is 20.8 Å². The first-order valence-electron chi connectivity index (χ1n) is 4.93. The van der Waals surface area contributed by atoms with Crippen molar-refractivity contribution in [2.24, 2.45) is 0 Å². The smallest absolute Gasteiger partial charge is 0.241 e. The lowest BCUT2D eigenvalue weighted by Crippen LogP contribution is -2.42. The predicted molar refractivity (Wildman–Crippen MR) is 60.4 cm³/mol. The molecule has 7 nitrogen and oxygen atoms in total. The highest BCUT2D eigenvalue weighted by atomic mass is 32.3. The lowest BCUT2D eigenvalue weighted by Gasteiger charge is -2.27. The van der Waals surface area contributed by atoms with E-state index in [4.69, 9.17) is 4.74 Å². The Morgan fingerprint density at radius 3 is 1.72 bits per heavy atom. The summed E-state index contributed by atoms with van der Waals surface area (Å²) in [5, 5.41) is 0. The summed E-state index contributed by atoms with van der Waals surface area (Å²) < 4.78 is 66.3. The molecule has 1 aliphatic heterocycles. The summed E-state index contributed by atoms with van der Waals surface area (Å²) in [5.74, 6) is 0. The van der Waals surface area contributed by atoms with E-state index in [0.29, 0.717) is 0 Å². The molecule has 0 unspecified atom stereocenters. The second-order valence-corrected chi connectivity index (χ2v) is 6.34. The number of nitrogens with zero attached hydrogens (tertiary/aromatic N) is 2. The van der Waals surface area contributed by atoms with Gasteiger partial charge >= 0.3 is 0 Å². The highest BCUT2D eigenvalue weighted by Crippen LogP contribution is 2.15. The van der Waals surface area contributed by atoms with E-state index in [-0.39, 0.29) is 0 Å². The number of quaternary nitrogens is 1. The summed E-state index contributed by atoms with van der Waals surface area (Å²) in [4.78, 5) is 0. The van der Waals surface area contributed by atoms with Gasteiger partial charge < -0.3 is 13.3 Å². The van der Waals surface area contributed by atoms with Gasteiger partial charge in [-0.05, 0) is 0 Å². The molecule has 0 aromatic carbocycles. The standard InChI is InChI=1S/C7H16NO.F2NO4S2/c1-8(7-9-2)5-3-4-6-8;1-8(4,5)3-9(2,6)7/h3-7H2,1-2H3;/q+1;-1. The van der Waals surface area contributed by atoms with E-state index >= 15 is 0 Å². The predicted octanol–water partition coefficient (Wildman–Crippen LogP) is 0.619. The van der Waals surface area contributed by atoms with Gasteiger partial charge in [-0.25, -0.2) is 16.8 Å². The third-order valence-corrected chi connectivity index (χ3v) is 3.69. The first-order valence-corrected chi connectivity index (χ1v) is 7.61. The molecule has 1 aliphatic rings. The summed E-state index contributed by atoms with van der Waals surface area (Å²) in [5.41, 5.74) is 0. The molecule has 1 saturated heterocycles. The zero-order valence-electron chi connectivity index (χ0n) is 10.0. The Morgan fingerprint density at radius 1 is 1.11 bits per heavy atom. The molecule has 0 aromatic heterocycles. The Kier molecular flexibility index (Phi) is 6.57. The van der Waals surface area contributed by atoms with Crippen LogP contribution in [0.3, 0.4) is 0 Å². The first kappa shape index (κ1) is 17.6. The topological polar surface area (TPSA) is 91.6 Å². The van der Waals surface area contributed by atoms with Crippen molar-refractivity contribution in [3.8, 4) is 0 Å². The maximum atomic E-state index is 11.1. The van der Waals surface area contributed by atoms with Gasteiger partial charge in [0.05, 0.1) is 20.1 Å². The Labute approximate surface area is 106 Å². The molecule has 11 heteroatoms. The first-order chi connectivity index (χ1) is 7.97. The number of rotatable bonds is 4. The average Bonchev–Trinajstić information content (AvgIpc) is 2.46. The van der Waals surface area contributed by atoms with Crippen LogP contribution in [0.5, 0.6) is 0 Å². The van der Waals surface area contributed by atoms with Crippen LogP contribution >= 0.6 is 0 Å². The molecule has 110 valence electrons. The highest BCUT2D eigenvalue weighted by Gasteiger charge is 2.25. The minimum Gasteiger partial charge on any atom is -0.379 e. The maximum Gasteiger partial charge on any atom is 0.241 e. The molecular formula is C7H16F2N2O5S2. The molecule has 1 heterocycles. The summed E-state index contributed by atoms with van der Waals surface area (Å²) in [6.07, 6.45) is 2.75. The summed E-state index contributed by atoms with van der Waals surface area (Å²) in [6.45, 7) is 3.49. The molecule has 0 saturated carbocycles. The van der Waals surface area contributed by atoms with Crippen LogP contribution in [0.2, 0.25) is 0 Å². The molecule has 0 spiro atoms. The Hall–Kier alpha value is -0.360. The normalized spacial score (nSPS) is 19.1. The molecule has 0 bridgehead atoms. The van der Waals surface area contributed by atoms with E-state index in [9.17, 15) is 24.6 Å². The van der Waals surface area contributed by atoms with E-state index in [2.05, 4.69) is 7.05 Å². The summed E-state index contributed by atoms with van der Waals surface area (Å²) in [6, 6.07) is 0. The number of methoxy groups -OCH3 is 1. The zero-order chi connectivity index (χ0) is 14.4.